The number of nitrogens with zero attached hydrogens (tertiary/aromatic N) is 2. The number of benzene rings is 2. The van der Waals surface area contributed by atoms with E-state index in [1.54, 1.807) is 0 Å². The lowest BCUT2D eigenvalue weighted by Gasteiger charge is -2.18. The highest BCUT2D eigenvalue weighted by Gasteiger charge is 2.27. The number of thiophene rings is 1. The second-order valence-electron chi connectivity index (χ2n) is 6.96. The molecule has 0 fully saturated rings. The average molecular weight is 516 g/mol. The first kappa shape index (κ1) is 19.7. The molecule has 0 radical (unpaired) electrons. The van der Waals surface area contributed by atoms with Gasteiger partial charge in [0.15, 0.2) is 0 Å². The maximum Gasteiger partial charge on any atom is 0.212 e. The van der Waals surface area contributed by atoms with Crippen LogP contribution in [0.15, 0.2) is 63.8 Å². The zero-order valence-corrected chi connectivity index (χ0v) is 19.9. The van der Waals surface area contributed by atoms with Crippen molar-refractivity contribution in [2.45, 2.75) is 18.7 Å². The van der Waals surface area contributed by atoms with E-state index < -0.39 is 0 Å². The molecule has 1 aliphatic rings. The highest BCUT2D eigenvalue weighted by atomic mass is 127. The third-order valence-corrected chi connectivity index (χ3v) is 7.30. The highest BCUT2D eigenvalue weighted by molar-refractivity contribution is 8.04. The minimum Gasteiger partial charge on any atom is -1.00 e. The van der Waals surface area contributed by atoms with Gasteiger partial charge in [-0.1, -0.05) is 29.5 Å². The van der Waals surface area contributed by atoms with E-state index in [1.165, 1.54) is 47.9 Å². The quantitative estimate of drug-likeness (QED) is 0.299. The Labute approximate surface area is 190 Å². The molecule has 1 aliphatic heterocycles. The molecule has 0 atom stereocenters. The molecule has 2 aromatic carbocycles. The SMILES string of the molecule is CCN1/C(=C/c2ccc3cc(C)ccc3[n+]2C)Sc2ccc3ccsc3c21.[I-]. The van der Waals surface area contributed by atoms with Crippen LogP contribution in [0.4, 0.5) is 5.69 Å². The molecular formula is C23H21IN2S2. The molecule has 0 aliphatic carbocycles. The van der Waals surface area contributed by atoms with Gasteiger partial charge in [0.05, 0.1) is 15.4 Å². The number of pyridine rings is 1. The van der Waals surface area contributed by atoms with Gasteiger partial charge in [0.2, 0.25) is 11.2 Å². The Hall–Kier alpha value is -1.57. The Bertz CT molecular complexity index is 1230. The summed E-state index contributed by atoms with van der Waals surface area (Å²) in [5.41, 5.74) is 5.16. The lowest BCUT2D eigenvalue weighted by Crippen LogP contribution is -3.00. The molecule has 0 spiro atoms. The summed E-state index contributed by atoms with van der Waals surface area (Å²) in [4.78, 5) is 3.81. The number of anilines is 1. The van der Waals surface area contributed by atoms with E-state index in [1.807, 2.05) is 23.1 Å². The third-order valence-electron chi connectivity index (χ3n) is 5.26. The second kappa shape index (κ2) is 7.69. The van der Waals surface area contributed by atoms with Crippen LogP contribution in [0.3, 0.4) is 0 Å². The number of halogens is 1. The van der Waals surface area contributed by atoms with Gasteiger partial charge in [0, 0.05) is 35.0 Å². The van der Waals surface area contributed by atoms with Gasteiger partial charge in [-0.2, -0.15) is 4.57 Å². The average Bonchev–Trinajstić information content (AvgIpc) is 3.27. The standard InChI is InChI=1S/C23H21N2S2.HI/c1-4-25-21(27-20-10-7-16-11-12-26-23(16)22(20)25)14-18-8-6-17-13-15(2)5-9-19(17)24(18)3;/h5-14H,4H2,1-3H3;1H/q+1;/p-1. The van der Waals surface area contributed by atoms with Gasteiger partial charge in [0.25, 0.3) is 0 Å². The van der Waals surface area contributed by atoms with Crippen molar-refractivity contribution in [1.29, 1.82) is 0 Å². The first-order chi connectivity index (χ1) is 13.2. The summed E-state index contributed by atoms with van der Waals surface area (Å²) >= 11 is 3.72. The lowest BCUT2D eigenvalue weighted by molar-refractivity contribution is -0.646. The van der Waals surface area contributed by atoms with Gasteiger partial charge in [-0.05, 0) is 48.9 Å². The third kappa shape index (κ3) is 3.13. The predicted octanol–water partition coefficient (Wildman–Crippen LogP) is 3.12. The van der Waals surface area contributed by atoms with Crippen LogP contribution in [0.2, 0.25) is 0 Å². The molecule has 142 valence electrons. The Balaban J connectivity index is 0.00000192. The zero-order valence-electron chi connectivity index (χ0n) is 16.1. The van der Waals surface area contributed by atoms with Crippen molar-refractivity contribution in [1.82, 2.24) is 0 Å². The van der Waals surface area contributed by atoms with E-state index >= 15 is 0 Å². The van der Waals surface area contributed by atoms with E-state index in [0.717, 1.165) is 6.54 Å². The van der Waals surface area contributed by atoms with Crippen LogP contribution in [-0.2, 0) is 7.05 Å². The Morgan fingerprint density at radius 3 is 2.68 bits per heavy atom. The van der Waals surface area contributed by atoms with Crippen LogP contribution < -0.4 is 33.4 Å². The molecule has 0 N–H and O–H groups in total. The summed E-state index contributed by atoms with van der Waals surface area (Å²) in [5, 5.41) is 6.12. The number of aryl methyl sites for hydroxylation is 2. The molecule has 0 bridgehead atoms. The van der Waals surface area contributed by atoms with Gasteiger partial charge < -0.3 is 28.9 Å². The van der Waals surface area contributed by atoms with E-state index in [2.05, 4.69) is 90.3 Å². The second-order valence-corrected chi connectivity index (χ2v) is 8.94. The van der Waals surface area contributed by atoms with E-state index in [0.29, 0.717) is 0 Å². The molecule has 3 heterocycles. The summed E-state index contributed by atoms with van der Waals surface area (Å²) in [6.07, 6.45) is 2.33. The van der Waals surface area contributed by atoms with Crippen LogP contribution in [0.25, 0.3) is 27.1 Å². The van der Waals surface area contributed by atoms with Crippen LogP contribution in [0.1, 0.15) is 18.2 Å². The number of rotatable bonds is 2. The van der Waals surface area contributed by atoms with E-state index in [-0.39, 0.29) is 24.0 Å². The molecule has 4 aromatic rings. The summed E-state index contributed by atoms with van der Waals surface area (Å²) in [6, 6.07) is 17.8. The normalized spacial score (nSPS) is 14.7. The molecule has 0 saturated heterocycles. The lowest BCUT2D eigenvalue weighted by atomic mass is 10.1. The maximum atomic E-state index is 2.46. The highest BCUT2D eigenvalue weighted by Crippen LogP contribution is 2.50. The zero-order chi connectivity index (χ0) is 18.5. The fourth-order valence-electron chi connectivity index (χ4n) is 3.85. The Morgan fingerprint density at radius 1 is 1.04 bits per heavy atom. The van der Waals surface area contributed by atoms with Crippen molar-refractivity contribution in [3.05, 3.63) is 70.2 Å². The molecule has 2 aromatic heterocycles. The van der Waals surface area contributed by atoms with Crippen molar-refractivity contribution < 1.29 is 28.5 Å². The van der Waals surface area contributed by atoms with Gasteiger partial charge >= 0.3 is 0 Å². The molecule has 5 heteroatoms. The van der Waals surface area contributed by atoms with Crippen molar-refractivity contribution in [3.63, 3.8) is 0 Å². The Morgan fingerprint density at radius 2 is 1.86 bits per heavy atom. The van der Waals surface area contributed by atoms with Crippen LogP contribution in [0, 0.1) is 6.92 Å². The van der Waals surface area contributed by atoms with Crippen LogP contribution in [-0.4, -0.2) is 6.54 Å². The first-order valence-corrected chi connectivity index (χ1v) is 10.9. The van der Waals surface area contributed by atoms with E-state index in [9.17, 15) is 0 Å². The molecule has 0 unspecified atom stereocenters. The van der Waals surface area contributed by atoms with Crippen molar-refractivity contribution in [2.24, 2.45) is 7.05 Å². The van der Waals surface area contributed by atoms with Crippen LogP contribution in [0.5, 0.6) is 0 Å². The fraction of sp³-hybridized carbons (Fsp3) is 0.174. The first-order valence-electron chi connectivity index (χ1n) is 9.22. The minimum absolute atomic E-state index is 0. The van der Waals surface area contributed by atoms with Gasteiger partial charge in [-0.25, -0.2) is 0 Å². The molecule has 2 nitrogen and oxygen atoms in total. The molecule has 5 rings (SSSR count). The number of aromatic nitrogens is 1. The monoisotopic (exact) mass is 516 g/mol. The molecule has 28 heavy (non-hydrogen) atoms. The topological polar surface area (TPSA) is 7.12 Å². The van der Waals surface area contributed by atoms with Crippen LogP contribution >= 0.6 is 23.1 Å². The minimum atomic E-state index is 0. The predicted molar refractivity (Wildman–Crippen MR) is 119 cm³/mol. The van der Waals surface area contributed by atoms with Crippen molar-refractivity contribution in [3.8, 4) is 0 Å². The molecule has 0 amide bonds. The largest absolute Gasteiger partial charge is 1.00 e. The van der Waals surface area contributed by atoms with Gasteiger partial charge in [-0.3, -0.25) is 0 Å². The number of thioether (sulfide) groups is 1. The van der Waals surface area contributed by atoms with Crippen molar-refractivity contribution in [2.75, 3.05) is 11.4 Å². The van der Waals surface area contributed by atoms with Gasteiger partial charge in [0.1, 0.15) is 7.05 Å². The summed E-state index contributed by atoms with van der Waals surface area (Å²) in [7, 11) is 2.16. The summed E-state index contributed by atoms with van der Waals surface area (Å²) in [6.45, 7) is 5.35. The van der Waals surface area contributed by atoms with Crippen molar-refractivity contribution >= 4 is 55.9 Å². The molecule has 0 saturated carbocycles. The van der Waals surface area contributed by atoms with Gasteiger partial charge in [-0.15, -0.1) is 11.3 Å². The number of fused-ring (bicyclic) bond motifs is 4. The Kier molecular flexibility index (Phi) is 5.42. The van der Waals surface area contributed by atoms with E-state index in [4.69, 9.17) is 0 Å². The summed E-state index contributed by atoms with van der Waals surface area (Å²) in [5.74, 6) is 0. The fourth-order valence-corrected chi connectivity index (χ4v) is 6.05. The number of hydrogen-bond donors (Lipinski definition) is 0. The summed E-state index contributed by atoms with van der Waals surface area (Å²) < 4.78 is 3.68. The molecular weight excluding hydrogens is 495 g/mol. The smallest absolute Gasteiger partial charge is 0.212 e. The maximum absolute atomic E-state index is 2.46. The number of hydrogen-bond acceptors (Lipinski definition) is 3.